The number of hydrogen-bond donors (Lipinski definition) is 1. The van der Waals surface area contributed by atoms with Gasteiger partial charge in [0.25, 0.3) is 0 Å². The minimum atomic E-state index is 0.576. The highest BCUT2D eigenvalue weighted by Crippen LogP contribution is 2.21. The van der Waals surface area contributed by atoms with Crippen molar-refractivity contribution in [2.45, 2.75) is 6.92 Å². The zero-order valence-corrected chi connectivity index (χ0v) is 13.1. The number of anilines is 1. The molecule has 0 fully saturated rings. The van der Waals surface area contributed by atoms with Crippen LogP contribution in [0.5, 0.6) is 0 Å². The second-order valence-corrected chi connectivity index (χ2v) is 5.29. The van der Waals surface area contributed by atoms with Crippen molar-refractivity contribution < 1.29 is 4.74 Å². The van der Waals surface area contributed by atoms with Crippen molar-refractivity contribution in [3.63, 3.8) is 0 Å². The highest BCUT2D eigenvalue weighted by Gasteiger charge is 2.10. The van der Waals surface area contributed by atoms with Crippen LogP contribution in [0, 0.1) is 0 Å². The minimum absolute atomic E-state index is 0.576. The molecule has 6 nitrogen and oxygen atoms in total. The van der Waals surface area contributed by atoms with E-state index >= 15 is 0 Å². The summed E-state index contributed by atoms with van der Waals surface area (Å²) in [6.07, 6.45) is 3.32. The van der Waals surface area contributed by atoms with Gasteiger partial charge in [0.2, 0.25) is 0 Å². The number of hydrogen-bond acceptors (Lipinski definition) is 5. The van der Waals surface area contributed by atoms with Crippen molar-refractivity contribution in [2.75, 3.05) is 25.1 Å². The Bertz CT molecular complexity index is 797. The Kier molecular flexibility index (Phi) is 4.63. The summed E-state index contributed by atoms with van der Waals surface area (Å²) in [4.78, 5) is 8.65. The minimum Gasteiger partial charge on any atom is -0.375 e. The third-order valence-electron chi connectivity index (χ3n) is 3.25. The van der Waals surface area contributed by atoms with Crippen LogP contribution in [0.3, 0.4) is 0 Å². The molecule has 2 aromatic heterocycles. The molecule has 1 N–H and O–H groups in total. The number of benzene rings is 1. The zero-order valence-electron chi connectivity index (χ0n) is 13.1. The molecule has 0 saturated heterocycles. The molecule has 0 aliphatic rings. The standard InChI is InChI=1S/C17H19N5O/c1-13(2)11-23-9-8-18-16-15-10-21-22(17(15)20-12-19-16)14-6-4-3-5-7-14/h3-7,10,12H,1,8-9,11H2,2H3,(H,18,19,20). The van der Waals surface area contributed by atoms with E-state index in [2.05, 4.69) is 27.0 Å². The predicted octanol–water partition coefficient (Wildman–Crippen LogP) is 2.82. The van der Waals surface area contributed by atoms with Gasteiger partial charge in [0.1, 0.15) is 12.1 Å². The van der Waals surface area contributed by atoms with Gasteiger partial charge in [-0.2, -0.15) is 5.10 Å². The maximum absolute atomic E-state index is 5.48. The maximum atomic E-state index is 5.48. The van der Waals surface area contributed by atoms with Gasteiger partial charge >= 0.3 is 0 Å². The van der Waals surface area contributed by atoms with Gasteiger partial charge in [-0.15, -0.1) is 0 Å². The van der Waals surface area contributed by atoms with Crippen molar-refractivity contribution >= 4 is 16.9 Å². The van der Waals surface area contributed by atoms with Crippen LogP contribution in [0.4, 0.5) is 5.82 Å². The molecule has 2 heterocycles. The lowest BCUT2D eigenvalue weighted by Crippen LogP contribution is -2.11. The molecule has 0 unspecified atom stereocenters. The Hall–Kier alpha value is -2.73. The molecule has 0 radical (unpaired) electrons. The van der Waals surface area contributed by atoms with E-state index in [1.165, 1.54) is 0 Å². The van der Waals surface area contributed by atoms with Gasteiger partial charge in [-0.25, -0.2) is 14.6 Å². The lowest BCUT2D eigenvalue weighted by atomic mass is 10.3. The third-order valence-corrected chi connectivity index (χ3v) is 3.25. The normalized spacial score (nSPS) is 10.8. The SMILES string of the molecule is C=C(C)COCCNc1ncnc2c1cnn2-c1ccccc1. The zero-order chi connectivity index (χ0) is 16.1. The number of rotatable bonds is 7. The maximum Gasteiger partial charge on any atom is 0.168 e. The largest absolute Gasteiger partial charge is 0.375 e. The second-order valence-electron chi connectivity index (χ2n) is 5.29. The Morgan fingerprint density at radius 1 is 1.26 bits per heavy atom. The predicted molar refractivity (Wildman–Crippen MR) is 90.8 cm³/mol. The summed E-state index contributed by atoms with van der Waals surface area (Å²) in [6.45, 7) is 7.58. The molecule has 3 rings (SSSR count). The van der Waals surface area contributed by atoms with E-state index < -0.39 is 0 Å². The van der Waals surface area contributed by atoms with E-state index in [1.54, 1.807) is 17.2 Å². The van der Waals surface area contributed by atoms with Crippen LogP contribution in [0.15, 0.2) is 55.0 Å². The fraction of sp³-hybridized carbons (Fsp3) is 0.235. The first kappa shape index (κ1) is 15.2. The summed E-state index contributed by atoms with van der Waals surface area (Å²) in [7, 11) is 0. The molecular formula is C17H19N5O. The van der Waals surface area contributed by atoms with Crippen molar-refractivity contribution in [2.24, 2.45) is 0 Å². The monoisotopic (exact) mass is 309 g/mol. The third kappa shape index (κ3) is 3.54. The Balaban J connectivity index is 1.75. The summed E-state index contributed by atoms with van der Waals surface area (Å²) >= 11 is 0. The molecule has 0 bridgehead atoms. The summed E-state index contributed by atoms with van der Waals surface area (Å²) < 4.78 is 7.28. The molecule has 1 aromatic carbocycles. The quantitative estimate of drug-likeness (QED) is 0.537. The van der Waals surface area contributed by atoms with Crippen LogP contribution in [-0.4, -0.2) is 39.5 Å². The van der Waals surface area contributed by atoms with Crippen LogP contribution in [0.25, 0.3) is 16.7 Å². The smallest absolute Gasteiger partial charge is 0.168 e. The molecule has 0 spiro atoms. The Morgan fingerprint density at radius 3 is 2.87 bits per heavy atom. The first-order chi connectivity index (χ1) is 11.3. The van der Waals surface area contributed by atoms with Gasteiger partial charge in [-0.05, 0) is 19.1 Å². The molecule has 23 heavy (non-hydrogen) atoms. The average molecular weight is 309 g/mol. The number of aromatic nitrogens is 4. The summed E-state index contributed by atoms with van der Waals surface area (Å²) in [5.74, 6) is 0.760. The Labute approximate surface area is 134 Å². The van der Waals surface area contributed by atoms with Crippen molar-refractivity contribution in [1.82, 2.24) is 19.7 Å². The van der Waals surface area contributed by atoms with Crippen LogP contribution < -0.4 is 5.32 Å². The van der Waals surface area contributed by atoms with Gasteiger partial charge < -0.3 is 10.1 Å². The van der Waals surface area contributed by atoms with Crippen LogP contribution in [0.2, 0.25) is 0 Å². The van der Waals surface area contributed by atoms with Crippen molar-refractivity contribution in [1.29, 1.82) is 0 Å². The molecule has 0 aliphatic carbocycles. The number of nitrogens with zero attached hydrogens (tertiary/aromatic N) is 4. The van der Waals surface area contributed by atoms with Crippen LogP contribution >= 0.6 is 0 Å². The average Bonchev–Trinajstić information content (AvgIpc) is 3.00. The first-order valence-corrected chi connectivity index (χ1v) is 7.46. The number of fused-ring (bicyclic) bond motifs is 1. The molecular weight excluding hydrogens is 290 g/mol. The van der Waals surface area contributed by atoms with E-state index in [4.69, 9.17) is 4.74 Å². The van der Waals surface area contributed by atoms with Crippen LogP contribution in [-0.2, 0) is 4.74 Å². The lowest BCUT2D eigenvalue weighted by Gasteiger charge is -2.07. The lowest BCUT2D eigenvalue weighted by molar-refractivity contribution is 0.167. The number of para-hydroxylation sites is 1. The second kappa shape index (κ2) is 7.02. The van der Waals surface area contributed by atoms with E-state index in [0.717, 1.165) is 28.1 Å². The molecule has 3 aromatic rings. The van der Waals surface area contributed by atoms with Gasteiger partial charge in [0.15, 0.2) is 5.65 Å². The molecule has 6 heteroatoms. The van der Waals surface area contributed by atoms with Crippen LogP contribution in [0.1, 0.15) is 6.92 Å². The van der Waals surface area contributed by atoms with Gasteiger partial charge in [-0.3, -0.25) is 0 Å². The molecule has 0 atom stereocenters. The van der Waals surface area contributed by atoms with Gasteiger partial charge in [-0.1, -0.05) is 30.4 Å². The number of nitrogens with one attached hydrogen (secondary N) is 1. The van der Waals surface area contributed by atoms with Crippen molar-refractivity contribution in [3.8, 4) is 5.69 Å². The topological polar surface area (TPSA) is 64.9 Å². The fourth-order valence-corrected chi connectivity index (χ4v) is 2.23. The fourth-order valence-electron chi connectivity index (χ4n) is 2.23. The molecule has 118 valence electrons. The highest BCUT2D eigenvalue weighted by atomic mass is 16.5. The number of ether oxygens (including phenoxy) is 1. The van der Waals surface area contributed by atoms with Gasteiger partial charge in [0, 0.05) is 6.54 Å². The summed E-state index contributed by atoms with van der Waals surface area (Å²) in [5.41, 5.74) is 2.76. The summed E-state index contributed by atoms with van der Waals surface area (Å²) in [6, 6.07) is 9.91. The van der Waals surface area contributed by atoms with E-state index in [0.29, 0.717) is 19.8 Å². The van der Waals surface area contributed by atoms with E-state index in [9.17, 15) is 0 Å². The van der Waals surface area contributed by atoms with E-state index in [-0.39, 0.29) is 0 Å². The molecule has 0 saturated carbocycles. The Morgan fingerprint density at radius 2 is 2.09 bits per heavy atom. The molecule has 0 aliphatic heterocycles. The molecule has 0 amide bonds. The van der Waals surface area contributed by atoms with Crippen molar-refractivity contribution in [3.05, 3.63) is 55.0 Å². The van der Waals surface area contributed by atoms with E-state index in [1.807, 2.05) is 37.3 Å². The first-order valence-electron chi connectivity index (χ1n) is 7.46. The summed E-state index contributed by atoms with van der Waals surface area (Å²) in [5, 5.41) is 8.58. The highest BCUT2D eigenvalue weighted by molar-refractivity contribution is 5.87. The van der Waals surface area contributed by atoms with Gasteiger partial charge in [0.05, 0.1) is 30.5 Å².